The van der Waals surface area contributed by atoms with Crippen molar-refractivity contribution in [3.05, 3.63) is 11.3 Å². The van der Waals surface area contributed by atoms with E-state index in [0.717, 1.165) is 18.5 Å². The van der Waals surface area contributed by atoms with Gasteiger partial charge in [-0.2, -0.15) is 5.10 Å². The van der Waals surface area contributed by atoms with Crippen molar-refractivity contribution in [3.63, 3.8) is 0 Å². The van der Waals surface area contributed by atoms with Gasteiger partial charge in [0.05, 0.1) is 12.3 Å². The Labute approximate surface area is 94.4 Å². The third-order valence-electron chi connectivity index (χ3n) is 3.07. The summed E-state index contributed by atoms with van der Waals surface area (Å²) in [5, 5.41) is 6.80. The van der Waals surface area contributed by atoms with Crippen molar-refractivity contribution in [1.29, 1.82) is 0 Å². The van der Waals surface area contributed by atoms with Gasteiger partial charge in [-0.3, -0.25) is 5.10 Å². The van der Waals surface area contributed by atoms with Crippen molar-refractivity contribution in [3.8, 4) is 0 Å². The van der Waals surface area contributed by atoms with E-state index < -0.39 is 0 Å². The summed E-state index contributed by atoms with van der Waals surface area (Å²) >= 11 is 0. The molecule has 1 heterocycles. The van der Waals surface area contributed by atoms with Crippen LogP contribution in [0.2, 0.25) is 0 Å². The van der Waals surface area contributed by atoms with Crippen LogP contribution in [0.1, 0.15) is 54.6 Å². The molecule has 5 nitrogen and oxygen atoms in total. The van der Waals surface area contributed by atoms with Crippen molar-refractivity contribution < 1.29 is 9.53 Å². The fourth-order valence-electron chi connectivity index (χ4n) is 2.30. The van der Waals surface area contributed by atoms with Gasteiger partial charge in [-0.1, -0.05) is 12.8 Å². The number of nitrogen functional groups attached to an aromatic ring is 1. The predicted molar refractivity (Wildman–Crippen MR) is 60.2 cm³/mol. The topological polar surface area (TPSA) is 81.0 Å². The maximum absolute atomic E-state index is 11.7. The largest absolute Gasteiger partial charge is 0.462 e. The third kappa shape index (κ3) is 1.89. The molecule has 0 atom stereocenters. The second-order valence-electron chi connectivity index (χ2n) is 4.10. The van der Waals surface area contributed by atoms with Crippen LogP contribution in [0.25, 0.3) is 0 Å². The first-order chi connectivity index (χ1) is 7.74. The Bertz CT molecular complexity index is 381. The number of nitrogens with two attached hydrogens (primary N) is 1. The second kappa shape index (κ2) is 4.55. The van der Waals surface area contributed by atoms with Gasteiger partial charge in [0.1, 0.15) is 5.56 Å². The van der Waals surface area contributed by atoms with Crippen molar-refractivity contribution >= 4 is 11.8 Å². The number of esters is 1. The summed E-state index contributed by atoms with van der Waals surface area (Å²) in [6.07, 6.45) is 4.58. The summed E-state index contributed by atoms with van der Waals surface area (Å²) in [5.41, 5.74) is 6.99. The van der Waals surface area contributed by atoms with Crippen LogP contribution < -0.4 is 5.73 Å². The molecule has 88 valence electrons. The Morgan fingerprint density at radius 1 is 1.56 bits per heavy atom. The molecule has 0 spiro atoms. The van der Waals surface area contributed by atoms with Crippen LogP contribution in [0.3, 0.4) is 0 Å². The number of hydrogen-bond donors (Lipinski definition) is 2. The zero-order chi connectivity index (χ0) is 11.5. The Kier molecular flexibility index (Phi) is 3.12. The highest BCUT2D eigenvalue weighted by Crippen LogP contribution is 2.36. The lowest BCUT2D eigenvalue weighted by atomic mass is 10.00. The van der Waals surface area contributed by atoms with E-state index >= 15 is 0 Å². The van der Waals surface area contributed by atoms with Gasteiger partial charge in [0.15, 0.2) is 5.82 Å². The zero-order valence-corrected chi connectivity index (χ0v) is 9.45. The van der Waals surface area contributed by atoms with Crippen LogP contribution in [0, 0.1) is 0 Å². The molecular weight excluding hydrogens is 206 g/mol. The van der Waals surface area contributed by atoms with Crippen LogP contribution in [0.15, 0.2) is 0 Å². The molecule has 0 aliphatic heterocycles. The lowest BCUT2D eigenvalue weighted by Gasteiger charge is -2.09. The summed E-state index contributed by atoms with van der Waals surface area (Å²) in [4.78, 5) is 11.7. The average molecular weight is 223 g/mol. The van der Waals surface area contributed by atoms with E-state index in [1.54, 1.807) is 6.92 Å². The van der Waals surface area contributed by atoms with Gasteiger partial charge in [-0.05, 0) is 19.8 Å². The number of carbonyl (C=O) groups is 1. The summed E-state index contributed by atoms with van der Waals surface area (Å²) in [7, 11) is 0. The number of anilines is 1. The van der Waals surface area contributed by atoms with Crippen LogP contribution in [0.4, 0.5) is 5.82 Å². The Balaban J connectivity index is 2.27. The van der Waals surface area contributed by atoms with E-state index in [1.165, 1.54) is 12.8 Å². The molecule has 1 fully saturated rings. The summed E-state index contributed by atoms with van der Waals surface area (Å²) in [6, 6.07) is 0. The number of rotatable bonds is 3. The smallest absolute Gasteiger partial charge is 0.343 e. The van der Waals surface area contributed by atoms with Gasteiger partial charge in [-0.15, -0.1) is 0 Å². The first kappa shape index (κ1) is 11.0. The van der Waals surface area contributed by atoms with Gasteiger partial charge >= 0.3 is 5.97 Å². The maximum atomic E-state index is 11.7. The van der Waals surface area contributed by atoms with E-state index in [2.05, 4.69) is 10.2 Å². The van der Waals surface area contributed by atoms with Gasteiger partial charge in [0.25, 0.3) is 0 Å². The van der Waals surface area contributed by atoms with E-state index in [0.29, 0.717) is 18.1 Å². The number of aromatic nitrogens is 2. The molecule has 5 heteroatoms. The molecule has 0 aromatic carbocycles. The molecule has 0 amide bonds. The minimum Gasteiger partial charge on any atom is -0.462 e. The van der Waals surface area contributed by atoms with Crippen LogP contribution in [-0.2, 0) is 4.74 Å². The van der Waals surface area contributed by atoms with Gasteiger partial charge < -0.3 is 10.5 Å². The second-order valence-corrected chi connectivity index (χ2v) is 4.10. The highest BCUT2D eigenvalue weighted by atomic mass is 16.5. The monoisotopic (exact) mass is 223 g/mol. The van der Waals surface area contributed by atoms with Gasteiger partial charge in [0, 0.05) is 5.92 Å². The lowest BCUT2D eigenvalue weighted by Crippen LogP contribution is -2.10. The molecule has 1 aromatic rings. The van der Waals surface area contributed by atoms with Gasteiger partial charge in [0.2, 0.25) is 0 Å². The summed E-state index contributed by atoms with van der Waals surface area (Å²) in [6.45, 7) is 2.14. The van der Waals surface area contributed by atoms with Crippen LogP contribution in [0.5, 0.6) is 0 Å². The van der Waals surface area contributed by atoms with Crippen molar-refractivity contribution in [2.45, 2.75) is 38.5 Å². The molecule has 2 rings (SSSR count). The number of aromatic amines is 1. The average Bonchev–Trinajstić information content (AvgIpc) is 2.86. The predicted octanol–water partition coefficient (Wildman–Crippen LogP) is 1.83. The minimum atomic E-state index is -0.365. The SMILES string of the molecule is CCOC(=O)c1c(N)n[nH]c1C1CCCC1. The van der Waals surface area contributed by atoms with E-state index in [4.69, 9.17) is 10.5 Å². The maximum Gasteiger partial charge on any atom is 0.343 e. The van der Waals surface area contributed by atoms with Gasteiger partial charge in [-0.25, -0.2) is 4.79 Å². The van der Waals surface area contributed by atoms with E-state index in [1.807, 2.05) is 0 Å². The molecule has 0 unspecified atom stereocenters. The summed E-state index contributed by atoms with van der Waals surface area (Å²) in [5.74, 6) is 0.264. The Morgan fingerprint density at radius 3 is 2.88 bits per heavy atom. The number of H-pyrrole nitrogens is 1. The number of ether oxygens (including phenoxy) is 1. The fourth-order valence-corrected chi connectivity index (χ4v) is 2.30. The molecule has 0 bridgehead atoms. The first-order valence-corrected chi connectivity index (χ1v) is 5.75. The molecule has 0 radical (unpaired) electrons. The quantitative estimate of drug-likeness (QED) is 0.766. The van der Waals surface area contributed by atoms with Crippen molar-refractivity contribution in [2.75, 3.05) is 12.3 Å². The summed E-state index contributed by atoms with van der Waals surface area (Å²) < 4.78 is 4.99. The number of nitrogens with one attached hydrogen (secondary N) is 1. The molecule has 1 aromatic heterocycles. The Hall–Kier alpha value is -1.52. The lowest BCUT2D eigenvalue weighted by molar-refractivity contribution is 0.0526. The normalized spacial score (nSPS) is 16.6. The third-order valence-corrected chi connectivity index (χ3v) is 3.07. The fraction of sp³-hybridized carbons (Fsp3) is 0.636. The van der Waals surface area contributed by atoms with Crippen LogP contribution in [-0.4, -0.2) is 22.8 Å². The van der Waals surface area contributed by atoms with Crippen LogP contribution >= 0.6 is 0 Å². The number of nitrogens with zero attached hydrogens (tertiary/aromatic N) is 1. The molecule has 3 N–H and O–H groups in total. The molecule has 1 aliphatic carbocycles. The number of hydrogen-bond acceptors (Lipinski definition) is 4. The van der Waals surface area contributed by atoms with Crippen molar-refractivity contribution in [2.24, 2.45) is 0 Å². The van der Waals surface area contributed by atoms with E-state index in [9.17, 15) is 4.79 Å². The Morgan fingerprint density at radius 2 is 2.25 bits per heavy atom. The molecule has 1 saturated carbocycles. The number of carbonyl (C=O) groups excluding carboxylic acids is 1. The highest BCUT2D eigenvalue weighted by molar-refractivity contribution is 5.95. The zero-order valence-electron chi connectivity index (χ0n) is 9.45. The first-order valence-electron chi connectivity index (χ1n) is 5.75. The molecule has 16 heavy (non-hydrogen) atoms. The highest BCUT2D eigenvalue weighted by Gasteiger charge is 2.27. The molecule has 1 aliphatic rings. The minimum absolute atomic E-state index is 0.250. The van der Waals surface area contributed by atoms with Crippen molar-refractivity contribution in [1.82, 2.24) is 10.2 Å². The standard InChI is InChI=1S/C11H17N3O2/c1-2-16-11(15)8-9(13-14-10(8)12)7-5-3-4-6-7/h7H,2-6H2,1H3,(H3,12,13,14). The molecular formula is C11H17N3O2. The molecule has 0 saturated heterocycles. The van der Waals surface area contributed by atoms with E-state index in [-0.39, 0.29) is 11.8 Å².